The smallest absolute Gasteiger partial charge is 0.316 e. The molecule has 0 aliphatic heterocycles. The number of fused-ring (bicyclic) bond motifs is 1. The molecule has 32 heavy (non-hydrogen) atoms. The largest absolute Gasteiger partial charge is 0.465 e. The quantitative estimate of drug-likeness (QED) is 0.165. The number of hydrogen-bond acceptors (Lipinski definition) is 7. The minimum atomic E-state index is -0.520. The lowest BCUT2D eigenvalue weighted by molar-refractivity contribution is -0.139. The number of ether oxygens (including phenoxy) is 1. The molecule has 2 aromatic carbocycles. The second-order valence-electron chi connectivity index (χ2n) is 6.41. The van der Waals surface area contributed by atoms with E-state index < -0.39 is 23.2 Å². The molecule has 0 N–H and O–H groups in total. The first-order valence-electron chi connectivity index (χ1n) is 9.38. The Balaban J connectivity index is 1.97. The van der Waals surface area contributed by atoms with Crippen LogP contribution in [0.4, 0.5) is 8.78 Å². The van der Waals surface area contributed by atoms with Gasteiger partial charge in [-0.05, 0) is 55.5 Å². The first kappa shape index (κ1) is 22.3. The number of thiazole rings is 1. The maximum atomic E-state index is 14.5. The minimum Gasteiger partial charge on any atom is -0.465 e. The maximum absolute atomic E-state index is 14.5. The van der Waals surface area contributed by atoms with Gasteiger partial charge in [0.05, 0.1) is 23.7 Å². The Kier molecular flexibility index (Phi) is 6.49. The summed E-state index contributed by atoms with van der Waals surface area (Å²) < 4.78 is 36.1. The molecule has 0 unspecified atom stereocenters. The Bertz CT molecular complexity index is 1430. The highest BCUT2D eigenvalue weighted by Crippen LogP contribution is 2.28. The van der Waals surface area contributed by atoms with Crippen LogP contribution in [0.5, 0.6) is 0 Å². The van der Waals surface area contributed by atoms with Crippen LogP contribution in [0.1, 0.15) is 6.92 Å². The summed E-state index contributed by atoms with van der Waals surface area (Å²) in [6.45, 7) is 1.91. The topological polar surface area (TPSA) is 66.1 Å². The van der Waals surface area contributed by atoms with Crippen molar-refractivity contribution in [1.82, 2.24) is 14.1 Å². The molecule has 0 fully saturated rings. The molecule has 0 spiro atoms. The number of carbonyl (C=O) groups excluding carboxylic acids is 1. The van der Waals surface area contributed by atoms with E-state index in [2.05, 4.69) is 4.98 Å². The summed E-state index contributed by atoms with van der Waals surface area (Å²) in [7, 11) is 0. The number of esters is 1. The van der Waals surface area contributed by atoms with Gasteiger partial charge in [-0.15, -0.1) is 0 Å². The van der Waals surface area contributed by atoms with E-state index in [0.29, 0.717) is 5.69 Å². The lowest BCUT2D eigenvalue weighted by atomic mass is 10.3. The monoisotopic (exact) mass is 491 g/mol. The highest BCUT2D eigenvalue weighted by molar-refractivity contribution is 7.99. The predicted octanol–water partition coefficient (Wildman–Crippen LogP) is 4.90. The lowest BCUT2D eigenvalue weighted by Crippen LogP contribution is -2.22. The molecule has 0 saturated carbocycles. The molecule has 11 heteroatoms. The standard InChI is InChI=1S/C21H15F2N3O3S3/c1-2-29-16(27)11-31-20-24-18-17(19(28)25(20)13-9-7-12(22)8-10-13)32-21(30)26(18)15-6-4-3-5-14(15)23/h3-10H,2,11H2,1H3. The number of aromatic nitrogens is 3. The van der Waals surface area contributed by atoms with E-state index in [4.69, 9.17) is 17.0 Å². The Morgan fingerprint density at radius 3 is 2.56 bits per heavy atom. The first-order chi connectivity index (χ1) is 15.4. The van der Waals surface area contributed by atoms with Crippen molar-refractivity contribution in [2.75, 3.05) is 12.4 Å². The molecule has 0 atom stereocenters. The SMILES string of the molecule is CCOC(=O)CSc1nc2c(sc(=S)n2-c2ccccc2F)c(=O)n1-c1ccc(F)cc1. The maximum Gasteiger partial charge on any atom is 0.316 e. The van der Waals surface area contributed by atoms with Crippen LogP contribution < -0.4 is 5.56 Å². The fraction of sp³-hybridized carbons (Fsp3) is 0.143. The number of halogens is 2. The van der Waals surface area contributed by atoms with Crippen LogP contribution in [0.3, 0.4) is 0 Å². The third-order valence-electron chi connectivity index (χ3n) is 4.38. The zero-order chi connectivity index (χ0) is 22.8. The van der Waals surface area contributed by atoms with Gasteiger partial charge in [0.1, 0.15) is 16.3 Å². The van der Waals surface area contributed by atoms with Crippen molar-refractivity contribution >= 4 is 51.6 Å². The van der Waals surface area contributed by atoms with E-state index in [1.54, 1.807) is 19.1 Å². The van der Waals surface area contributed by atoms with Crippen molar-refractivity contribution in [3.05, 3.63) is 74.5 Å². The minimum absolute atomic E-state index is 0.0997. The van der Waals surface area contributed by atoms with E-state index in [0.717, 1.165) is 23.1 Å². The molecule has 0 radical (unpaired) electrons. The average molecular weight is 492 g/mol. The van der Waals surface area contributed by atoms with E-state index >= 15 is 0 Å². The Morgan fingerprint density at radius 1 is 1.16 bits per heavy atom. The summed E-state index contributed by atoms with van der Waals surface area (Å²) in [5, 5.41) is 0.167. The van der Waals surface area contributed by atoms with Gasteiger partial charge in [-0.1, -0.05) is 35.2 Å². The molecule has 0 amide bonds. The van der Waals surface area contributed by atoms with Crippen molar-refractivity contribution in [3.8, 4) is 11.4 Å². The number of carbonyl (C=O) groups is 1. The number of thioether (sulfide) groups is 1. The summed E-state index contributed by atoms with van der Waals surface area (Å²) in [5.74, 6) is -1.56. The van der Waals surface area contributed by atoms with Crippen LogP contribution >= 0.6 is 35.3 Å². The Labute approximate surface area is 194 Å². The molecule has 4 aromatic rings. The zero-order valence-electron chi connectivity index (χ0n) is 16.6. The molecule has 0 aliphatic rings. The Hall–Kier alpha value is -2.89. The van der Waals surface area contributed by atoms with E-state index in [-0.39, 0.29) is 37.5 Å². The number of nitrogens with zero attached hydrogens (tertiary/aromatic N) is 3. The lowest BCUT2D eigenvalue weighted by Gasteiger charge is -2.13. The molecular weight excluding hydrogens is 476 g/mol. The molecule has 164 valence electrons. The van der Waals surface area contributed by atoms with Crippen LogP contribution in [0.25, 0.3) is 21.7 Å². The van der Waals surface area contributed by atoms with Gasteiger partial charge in [0.2, 0.25) is 0 Å². The highest BCUT2D eigenvalue weighted by atomic mass is 32.2. The van der Waals surface area contributed by atoms with Gasteiger partial charge in [0.15, 0.2) is 14.8 Å². The zero-order valence-corrected chi connectivity index (χ0v) is 19.0. The van der Waals surface area contributed by atoms with Gasteiger partial charge in [0.25, 0.3) is 5.56 Å². The first-order valence-corrected chi connectivity index (χ1v) is 11.6. The van der Waals surface area contributed by atoms with E-state index in [1.165, 1.54) is 45.5 Å². The molecule has 2 aromatic heterocycles. The van der Waals surface area contributed by atoms with Crippen molar-refractivity contribution in [3.63, 3.8) is 0 Å². The number of benzene rings is 2. The highest BCUT2D eigenvalue weighted by Gasteiger charge is 2.21. The van der Waals surface area contributed by atoms with E-state index in [1.807, 2.05) is 0 Å². The van der Waals surface area contributed by atoms with Crippen LogP contribution in [-0.4, -0.2) is 32.4 Å². The normalized spacial score (nSPS) is 11.1. The third-order valence-corrected chi connectivity index (χ3v) is 6.64. The van der Waals surface area contributed by atoms with Crippen LogP contribution in [0, 0.1) is 15.6 Å². The molecule has 0 saturated heterocycles. The van der Waals surface area contributed by atoms with Crippen molar-refractivity contribution in [2.45, 2.75) is 12.1 Å². The van der Waals surface area contributed by atoms with Gasteiger partial charge < -0.3 is 4.74 Å². The second-order valence-corrected chi connectivity index (χ2v) is 9.00. The molecule has 2 heterocycles. The van der Waals surface area contributed by atoms with Gasteiger partial charge >= 0.3 is 5.97 Å². The summed E-state index contributed by atoms with van der Waals surface area (Å²) >= 11 is 7.40. The van der Waals surface area contributed by atoms with Crippen LogP contribution in [0.15, 0.2) is 58.5 Å². The fourth-order valence-corrected chi connectivity index (χ4v) is 5.11. The van der Waals surface area contributed by atoms with Crippen molar-refractivity contribution in [1.29, 1.82) is 0 Å². The molecular formula is C21H15F2N3O3S3. The molecule has 6 nitrogen and oxygen atoms in total. The van der Waals surface area contributed by atoms with Crippen molar-refractivity contribution < 1.29 is 18.3 Å². The average Bonchev–Trinajstić information content (AvgIpc) is 3.10. The number of hydrogen-bond donors (Lipinski definition) is 0. The number of para-hydroxylation sites is 1. The Morgan fingerprint density at radius 2 is 1.88 bits per heavy atom. The summed E-state index contributed by atoms with van der Waals surface area (Å²) in [5.41, 5.74) is 0.254. The fourth-order valence-electron chi connectivity index (χ4n) is 3.02. The van der Waals surface area contributed by atoms with Gasteiger partial charge in [0, 0.05) is 0 Å². The van der Waals surface area contributed by atoms with Crippen LogP contribution in [-0.2, 0) is 9.53 Å². The summed E-state index contributed by atoms with van der Waals surface area (Å²) in [6.07, 6.45) is 0. The van der Waals surface area contributed by atoms with Gasteiger partial charge in [-0.3, -0.25) is 18.7 Å². The number of rotatable bonds is 6. The van der Waals surface area contributed by atoms with E-state index in [9.17, 15) is 18.4 Å². The second kappa shape index (κ2) is 9.31. The van der Waals surface area contributed by atoms with Gasteiger partial charge in [-0.25, -0.2) is 13.8 Å². The van der Waals surface area contributed by atoms with Crippen LogP contribution in [0.2, 0.25) is 0 Å². The summed E-state index contributed by atoms with van der Waals surface area (Å²) in [4.78, 5) is 29.9. The van der Waals surface area contributed by atoms with Crippen molar-refractivity contribution in [2.24, 2.45) is 0 Å². The molecule has 0 aliphatic carbocycles. The molecule has 0 bridgehead atoms. The third kappa shape index (κ3) is 4.23. The summed E-state index contributed by atoms with van der Waals surface area (Å²) in [6, 6.07) is 11.3. The molecule has 4 rings (SSSR count). The van der Waals surface area contributed by atoms with Gasteiger partial charge in [-0.2, -0.15) is 0 Å². The predicted molar refractivity (Wildman–Crippen MR) is 123 cm³/mol.